The summed E-state index contributed by atoms with van der Waals surface area (Å²) in [6.07, 6.45) is 4.02. The third-order valence-corrected chi connectivity index (χ3v) is 3.82. The maximum atomic E-state index is 11.1. The van der Waals surface area contributed by atoms with Gasteiger partial charge in [0.15, 0.2) is 0 Å². The van der Waals surface area contributed by atoms with Crippen LogP contribution in [0.25, 0.3) is 11.0 Å². The van der Waals surface area contributed by atoms with E-state index < -0.39 is 5.97 Å². The third kappa shape index (κ3) is 2.92. The van der Waals surface area contributed by atoms with Crippen LogP contribution >= 0.6 is 11.8 Å². The van der Waals surface area contributed by atoms with E-state index in [0.717, 1.165) is 42.0 Å². The Morgan fingerprint density at radius 1 is 1.47 bits per heavy atom. The average Bonchev–Trinajstić information content (AvgIpc) is 2.76. The van der Waals surface area contributed by atoms with Crippen molar-refractivity contribution in [2.24, 2.45) is 0 Å². The highest BCUT2D eigenvalue weighted by atomic mass is 32.2. The van der Waals surface area contributed by atoms with Gasteiger partial charge in [-0.25, -0.2) is 9.78 Å². The van der Waals surface area contributed by atoms with E-state index in [-0.39, 0.29) is 0 Å². The van der Waals surface area contributed by atoms with Gasteiger partial charge in [-0.1, -0.05) is 6.92 Å². The molecule has 2 aromatic rings. The fourth-order valence-corrected chi connectivity index (χ4v) is 2.61. The summed E-state index contributed by atoms with van der Waals surface area (Å²) < 4.78 is 2.15. The minimum Gasteiger partial charge on any atom is -0.478 e. The fourth-order valence-electron chi connectivity index (χ4n) is 2.19. The number of rotatable bonds is 6. The molecule has 2 rings (SSSR count). The molecule has 0 spiro atoms. The number of fused-ring (bicyclic) bond motifs is 1. The van der Waals surface area contributed by atoms with Crippen molar-refractivity contribution in [2.45, 2.75) is 26.3 Å². The molecule has 1 N–H and O–H groups in total. The minimum absolute atomic E-state index is 0.321. The Bertz CT molecular complexity index is 592. The van der Waals surface area contributed by atoms with E-state index >= 15 is 0 Å². The molecule has 0 saturated heterocycles. The molecule has 0 fully saturated rings. The van der Waals surface area contributed by atoms with Crippen molar-refractivity contribution in [3.05, 3.63) is 29.6 Å². The van der Waals surface area contributed by atoms with Crippen molar-refractivity contribution < 1.29 is 9.90 Å². The number of aryl methyl sites for hydroxylation is 2. The van der Waals surface area contributed by atoms with Gasteiger partial charge in [-0.05, 0) is 36.6 Å². The van der Waals surface area contributed by atoms with Crippen molar-refractivity contribution >= 4 is 28.8 Å². The first-order chi connectivity index (χ1) is 9.17. The number of hydrogen-bond acceptors (Lipinski definition) is 3. The van der Waals surface area contributed by atoms with E-state index in [1.54, 1.807) is 18.2 Å². The van der Waals surface area contributed by atoms with Crippen LogP contribution in [0, 0.1) is 0 Å². The Labute approximate surface area is 116 Å². The number of nitrogens with zero attached hydrogens (tertiary/aromatic N) is 2. The highest BCUT2D eigenvalue weighted by Crippen LogP contribution is 2.19. The van der Waals surface area contributed by atoms with E-state index in [1.807, 2.05) is 11.8 Å². The predicted octanol–water partition coefficient (Wildman–Crippen LogP) is 3.05. The van der Waals surface area contributed by atoms with E-state index in [4.69, 9.17) is 5.11 Å². The lowest BCUT2D eigenvalue weighted by atomic mass is 10.2. The first-order valence-electron chi connectivity index (χ1n) is 6.38. The number of carboxylic acid groups (broad SMARTS) is 1. The molecule has 0 amide bonds. The number of aromatic nitrogens is 2. The number of aromatic carboxylic acids is 1. The summed E-state index contributed by atoms with van der Waals surface area (Å²) in [5, 5.41) is 9.08. The molecule has 4 nitrogen and oxygen atoms in total. The third-order valence-electron chi connectivity index (χ3n) is 3.12. The molecule has 5 heteroatoms. The van der Waals surface area contributed by atoms with Gasteiger partial charge in [0.2, 0.25) is 0 Å². The summed E-state index contributed by atoms with van der Waals surface area (Å²) in [5.41, 5.74) is 2.13. The summed E-state index contributed by atoms with van der Waals surface area (Å²) >= 11 is 1.82. The monoisotopic (exact) mass is 278 g/mol. The highest BCUT2D eigenvalue weighted by Gasteiger charge is 2.11. The molecule has 0 aliphatic carbocycles. The van der Waals surface area contributed by atoms with Gasteiger partial charge in [-0.3, -0.25) is 0 Å². The van der Waals surface area contributed by atoms with E-state index in [9.17, 15) is 4.79 Å². The van der Waals surface area contributed by atoms with Gasteiger partial charge < -0.3 is 9.67 Å². The minimum atomic E-state index is -0.892. The summed E-state index contributed by atoms with van der Waals surface area (Å²) in [7, 11) is 0. The second-order valence-corrected chi connectivity index (χ2v) is 5.37. The number of carbonyl (C=O) groups is 1. The Morgan fingerprint density at radius 2 is 2.26 bits per heavy atom. The van der Waals surface area contributed by atoms with Crippen LogP contribution in [-0.4, -0.2) is 32.6 Å². The lowest BCUT2D eigenvalue weighted by Gasteiger charge is -2.07. The van der Waals surface area contributed by atoms with Gasteiger partial charge in [0.25, 0.3) is 0 Å². The molecule has 1 heterocycles. The zero-order valence-corrected chi connectivity index (χ0v) is 12.0. The van der Waals surface area contributed by atoms with Gasteiger partial charge in [0.05, 0.1) is 16.6 Å². The number of benzene rings is 1. The SMILES string of the molecule is CCc1nc2ccc(C(=O)O)cc2n1CCCSC. The molecule has 102 valence electrons. The van der Waals surface area contributed by atoms with E-state index in [0.29, 0.717) is 5.56 Å². The average molecular weight is 278 g/mol. The molecule has 0 saturated carbocycles. The van der Waals surface area contributed by atoms with Gasteiger partial charge in [0, 0.05) is 13.0 Å². The van der Waals surface area contributed by atoms with Crippen molar-refractivity contribution in [3.63, 3.8) is 0 Å². The molecule has 0 bridgehead atoms. The van der Waals surface area contributed by atoms with Crippen molar-refractivity contribution in [1.82, 2.24) is 9.55 Å². The van der Waals surface area contributed by atoms with Crippen molar-refractivity contribution in [2.75, 3.05) is 12.0 Å². The number of imidazole rings is 1. The molecular weight excluding hydrogens is 260 g/mol. The van der Waals surface area contributed by atoms with E-state index in [2.05, 4.69) is 22.7 Å². The molecule has 0 radical (unpaired) electrons. The van der Waals surface area contributed by atoms with Crippen LogP contribution < -0.4 is 0 Å². The van der Waals surface area contributed by atoms with Gasteiger partial charge >= 0.3 is 5.97 Å². The standard InChI is InChI=1S/C14H18N2O2S/c1-3-13-15-11-6-5-10(14(17)18)9-12(11)16(13)7-4-8-19-2/h5-6,9H,3-4,7-8H2,1-2H3,(H,17,18). The largest absolute Gasteiger partial charge is 0.478 e. The zero-order chi connectivity index (χ0) is 13.8. The first kappa shape index (κ1) is 13.9. The first-order valence-corrected chi connectivity index (χ1v) is 7.78. The summed E-state index contributed by atoms with van der Waals surface area (Å²) in [6.45, 7) is 2.97. The molecule has 0 atom stereocenters. The molecule has 1 aromatic carbocycles. The Balaban J connectivity index is 2.44. The Kier molecular flexibility index (Phi) is 4.47. The van der Waals surface area contributed by atoms with Gasteiger partial charge in [0.1, 0.15) is 5.82 Å². The molecule has 0 aliphatic rings. The molecular formula is C14H18N2O2S. The van der Waals surface area contributed by atoms with Crippen LogP contribution in [0.1, 0.15) is 29.5 Å². The summed E-state index contributed by atoms with van der Waals surface area (Å²) in [5.74, 6) is 1.23. The summed E-state index contributed by atoms with van der Waals surface area (Å²) in [6, 6.07) is 5.13. The van der Waals surface area contributed by atoms with Gasteiger partial charge in [-0.15, -0.1) is 0 Å². The highest BCUT2D eigenvalue weighted by molar-refractivity contribution is 7.98. The maximum Gasteiger partial charge on any atom is 0.335 e. The quantitative estimate of drug-likeness (QED) is 0.825. The zero-order valence-electron chi connectivity index (χ0n) is 11.2. The van der Waals surface area contributed by atoms with E-state index in [1.165, 1.54) is 0 Å². The number of carboxylic acids is 1. The predicted molar refractivity (Wildman–Crippen MR) is 79.1 cm³/mol. The Morgan fingerprint density at radius 3 is 2.89 bits per heavy atom. The lowest BCUT2D eigenvalue weighted by Crippen LogP contribution is -2.04. The van der Waals surface area contributed by atoms with Crippen molar-refractivity contribution in [1.29, 1.82) is 0 Å². The number of hydrogen-bond donors (Lipinski definition) is 1. The van der Waals surface area contributed by atoms with Crippen LogP contribution in [0.2, 0.25) is 0 Å². The second-order valence-electron chi connectivity index (χ2n) is 4.39. The van der Waals surface area contributed by atoms with Crippen LogP contribution in [-0.2, 0) is 13.0 Å². The number of thioether (sulfide) groups is 1. The Hall–Kier alpha value is -1.49. The molecule has 0 aliphatic heterocycles. The van der Waals surface area contributed by atoms with Crippen LogP contribution in [0.3, 0.4) is 0 Å². The molecule has 1 aromatic heterocycles. The topological polar surface area (TPSA) is 55.1 Å². The van der Waals surface area contributed by atoms with Crippen LogP contribution in [0.5, 0.6) is 0 Å². The normalized spacial score (nSPS) is 11.1. The van der Waals surface area contributed by atoms with Crippen LogP contribution in [0.4, 0.5) is 0 Å². The van der Waals surface area contributed by atoms with Gasteiger partial charge in [-0.2, -0.15) is 11.8 Å². The molecule has 0 unspecified atom stereocenters. The summed E-state index contributed by atoms with van der Waals surface area (Å²) in [4.78, 5) is 15.6. The second kappa shape index (κ2) is 6.10. The van der Waals surface area contributed by atoms with Crippen molar-refractivity contribution in [3.8, 4) is 0 Å². The van der Waals surface area contributed by atoms with Crippen LogP contribution in [0.15, 0.2) is 18.2 Å². The lowest BCUT2D eigenvalue weighted by molar-refractivity contribution is 0.0697. The maximum absolute atomic E-state index is 11.1. The fraction of sp³-hybridized carbons (Fsp3) is 0.429. The molecule has 19 heavy (non-hydrogen) atoms. The smallest absolute Gasteiger partial charge is 0.335 e.